The second-order valence-electron chi connectivity index (χ2n) is 5.64. The van der Waals surface area contributed by atoms with Crippen LogP contribution in [-0.2, 0) is 0 Å². The van der Waals surface area contributed by atoms with Gasteiger partial charge < -0.3 is 9.90 Å². The van der Waals surface area contributed by atoms with Crippen molar-refractivity contribution in [2.45, 2.75) is 29.7 Å². The average molecular weight is 322 g/mol. The third-order valence-electron chi connectivity index (χ3n) is 3.68. The van der Waals surface area contributed by atoms with Gasteiger partial charge in [0.2, 0.25) is 0 Å². The molecule has 0 aliphatic rings. The van der Waals surface area contributed by atoms with E-state index in [0.717, 1.165) is 4.90 Å². The molecule has 0 fully saturated rings. The molecule has 0 atom stereocenters. The molecule has 1 heterocycles. The predicted octanol–water partition coefficient (Wildman–Crippen LogP) is 3.87. The molecule has 23 heavy (non-hydrogen) atoms. The minimum atomic E-state index is -1.18. The van der Waals surface area contributed by atoms with Crippen LogP contribution in [-0.4, -0.2) is 11.0 Å². The van der Waals surface area contributed by atoms with Crippen LogP contribution in [0.2, 0.25) is 0 Å². The molecule has 116 valence electrons. The van der Waals surface area contributed by atoms with Crippen molar-refractivity contribution in [1.82, 2.24) is 4.98 Å². The molecule has 3 rings (SSSR count). The fourth-order valence-electron chi connectivity index (χ4n) is 2.41. The molecule has 0 radical (unpaired) electrons. The summed E-state index contributed by atoms with van der Waals surface area (Å²) in [4.78, 5) is 17.0. The zero-order chi connectivity index (χ0) is 16.4. The van der Waals surface area contributed by atoms with Gasteiger partial charge in [0, 0.05) is 15.8 Å². The highest BCUT2D eigenvalue weighted by molar-refractivity contribution is 7.99. The number of carboxylic acids is 1. The zero-order valence-electron chi connectivity index (χ0n) is 12.9. The van der Waals surface area contributed by atoms with Crippen molar-refractivity contribution in [2.75, 3.05) is 0 Å². The van der Waals surface area contributed by atoms with Gasteiger partial charge in [-0.3, -0.25) is 0 Å². The molecule has 1 aromatic heterocycles. The second kappa shape index (κ2) is 6.42. The van der Waals surface area contributed by atoms with Gasteiger partial charge in [-0.1, -0.05) is 55.9 Å². The van der Waals surface area contributed by atoms with Crippen LogP contribution in [0.3, 0.4) is 0 Å². The number of benzene rings is 2. The molecule has 3 nitrogen and oxygen atoms in total. The Hall–Kier alpha value is -2.33. The maximum Gasteiger partial charge on any atom is 0.102 e. The van der Waals surface area contributed by atoms with E-state index in [9.17, 15) is 9.90 Å². The lowest BCUT2D eigenvalue weighted by molar-refractivity contribution is -0.254. The third kappa shape index (κ3) is 3.37. The Labute approximate surface area is 139 Å². The Morgan fingerprint density at radius 1 is 1.09 bits per heavy atom. The van der Waals surface area contributed by atoms with Crippen molar-refractivity contribution in [3.05, 3.63) is 65.7 Å². The summed E-state index contributed by atoms with van der Waals surface area (Å²) in [5.74, 6) is -0.696. The van der Waals surface area contributed by atoms with Gasteiger partial charge in [-0.2, -0.15) is 0 Å². The van der Waals surface area contributed by atoms with Gasteiger partial charge in [0.1, 0.15) is 5.03 Å². The summed E-state index contributed by atoms with van der Waals surface area (Å²) >= 11 is 1.45. The van der Waals surface area contributed by atoms with E-state index >= 15 is 0 Å². The smallest absolute Gasteiger partial charge is 0.102 e. The Morgan fingerprint density at radius 2 is 1.78 bits per heavy atom. The van der Waals surface area contributed by atoms with Crippen molar-refractivity contribution in [1.29, 1.82) is 0 Å². The molecule has 0 N–H and O–H groups in total. The molecule has 0 saturated carbocycles. The summed E-state index contributed by atoms with van der Waals surface area (Å²) in [5, 5.41) is 12.6. The number of hydrogen-bond acceptors (Lipinski definition) is 4. The highest BCUT2D eigenvalue weighted by Crippen LogP contribution is 2.30. The van der Waals surface area contributed by atoms with Gasteiger partial charge in [0.25, 0.3) is 0 Å². The lowest BCUT2D eigenvalue weighted by Crippen LogP contribution is -2.22. The summed E-state index contributed by atoms with van der Waals surface area (Å²) < 4.78 is 0. The van der Waals surface area contributed by atoms with E-state index in [1.54, 1.807) is 18.2 Å². The minimum Gasteiger partial charge on any atom is -0.545 e. The van der Waals surface area contributed by atoms with Crippen LogP contribution >= 0.6 is 11.8 Å². The molecule has 0 bridgehead atoms. The van der Waals surface area contributed by atoms with Gasteiger partial charge in [-0.25, -0.2) is 4.98 Å². The average Bonchev–Trinajstić information content (AvgIpc) is 2.54. The lowest BCUT2D eigenvalue weighted by atomic mass is 10.0. The SMILES string of the molecule is CC(C)c1ccc(Sc2cc(C(=O)[O-])c3ccccc3n2)cc1. The van der Waals surface area contributed by atoms with Crippen LogP contribution in [0, 0.1) is 0 Å². The lowest BCUT2D eigenvalue weighted by Gasteiger charge is -2.10. The summed E-state index contributed by atoms with van der Waals surface area (Å²) in [6.07, 6.45) is 0. The molecule has 3 aromatic rings. The Morgan fingerprint density at radius 3 is 2.43 bits per heavy atom. The summed E-state index contributed by atoms with van der Waals surface area (Å²) in [7, 11) is 0. The van der Waals surface area contributed by atoms with Crippen LogP contribution in [0.25, 0.3) is 10.9 Å². The highest BCUT2D eigenvalue weighted by atomic mass is 32.2. The number of aromatic carboxylic acids is 1. The number of rotatable bonds is 4. The first kappa shape index (κ1) is 15.6. The molecule has 2 aromatic carbocycles. The van der Waals surface area contributed by atoms with Gasteiger partial charge >= 0.3 is 0 Å². The maximum atomic E-state index is 11.4. The standard InChI is InChI=1S/C19H17NO2S/c1-12(2)13-7-9-14(10-8-13)23-18-11-16(19(21)22)15-5-3-4-6-17(15)20-18/h3-12H,1-2H3,(H,21,22)/p-1. The van der Waals surface area contributed by atoms with Crippen LogP contribution in [0.4, 0.5) is 0 Å². The van der Waals surface area contributed by atoms with E-state index < -0.39 is 5.97 Å². The Kier molecular flexibility index (Phi) is 4.35. The first-order valence-corrected chi connectivity index (χ1v) is 8.25. The molecule has 4 heteroatoms. The van der Waals surface area contributed by atoms with Crippen LogP contribution in [0.1, 0.15) is 35.7 Å². The first-order valence-electron chi connectivity index (χ1n) is 7.43. The van der Waals surface area contributed by atoms with Crippen LogP contribution in [0.5, 0.6) is 0 Å². The number of carbonyl (C=O) groups is 1. The number of carboxylic acid groups (broad SMARTS) is 1. The van der Waals surface area contributed by atoms with Gasteiger partial charge in [0.05, 0.1) is 11.5 Å². The number of carbonyl (C=O) groups excluding carboxylic acids is 1. The quantitative estimate of drug-likeness (QED) is 0.731. The van der Waals surface area contributed by atoms with E-state index in [1.807, 2.05) is 24.3 Å². The Balaban J connectivity index is 1.98. The van der Waals surface area contributed by atoms with Crippen molar-refractivity contribution in [2.24, 2.45) is 0 Å². The van der Waals surface area contributed by atoms with Crippen LogP contribution in [0.15, 0.2) is 64.5 Å². The van der Waals surface area contributed by atoms with E-state index in [1.165, 1.54) is 17.3 Å². The molecular weight excluding hydrogens is 306 g/mol. The normalized spacial score (nSPS) is 11.1. The van der Waals surface area contributed by atoms with E-state index in [-0.39, 0.29) is 5.56 Å². The number of aromatic nitrogens is 1. The van der Waals surface area contributed by atoms with Crippen molar-refractivity contribution in [3.8, 4) is 0 Å². The van der Waals surface area contributed by atoms with E-state index in [4.69, 9.17) is 0 Å². The molecule has 0 spiro atoms. The maximum absolute atomic E-state index is 11.4. The summed E-state index contributed by atoms with van der Waals surface area (Å²) in [6.45, 7) is 4.30. The monoisotopic (exact) mass is 322 g/mol. The van der Waals surface area contributed by atoms with Gasteiger partial charge in [0.15, 0.2) is 0 Å². The number of hydrogen-bond donors (Lipinski definition) is 0. The molecule has 0 aliphatic carbocycles. The third-order valence-corrected chi connectivity index (χ3v) is 4.61. The predicted molar refractivity (Wildman–Crippen MR) is 90.7 cm³/mol. The highest BCUT2D eigenvalue weighted by Gasteiger charge is 2.08. The van der Waals surface area contributed by atoms with E-state index in [2.05, 4.69) is 31.0 Å². The largest absolute Gasteiger partial charge is 0.545 e. The topological polar surface area (TPSA) is 53.0 Å². The molecular formula is C19H16NO2S-. The second-order valence-corrected chi connectivity index (χ2v) is 6.73. The zero-order valence-corrected chi connectivity index (χ0v) is 13.8. The fraction of sp³-hybridized carbons (Fsp3) is 0.158. The summed E-state index contributed by atoms with van der Waals surface area (Å²) in [5.41, 5.74) is 2.11. The van der Waals surface area contributed by atoms with Crippen molar-refractivity contribution in [3.63, 3.8) is 0 Å². The van der Waals surface area contributed by atoms with Crippen molar-refractivity contribution >= 4 is 28.6 Å². The number of fused-ring (bicyclic) bond motifs is 1. The van der Waals surface area contributed by atoms with Gasteiger partial charge in [-0.05, 0) is 35.7 Å². The Bertz CT molecular complexity index is 857. The molecule has 0 aliphatic heterocycles. The fourth-order valence-corrected chi connectivity index (χ4v) is 3.25. The number of para-hydroxylation sites is 1. The van der Waals surface area contributed by atoms with E-state index in [0.29, 0.717) is 21.8 Å². The first-order chi connectivity index (χ1) is 11.0. The molecule has 0 saturated heterocycles. The molecule has 0 amide bonds. The number of pyridine rings is 1. The summed E-state index contributed by atoms with van der Waals surface area (Å²) in [6, 6.07) is 17.0. The minimum absolute atomic E-state index is 0.178. The molecule has 0 unspecified atom stereocenters. The number of nitrogens with zero attached hydrogens (tertiary/aromatic N) is 1. The van der Waals surface area contributed by atoms with Crippen LogP contribution < -0.4 is 5.11 Å². The van der Waals surface area contributed by atoms with Crippen molar-refractivity contribution < 1.29 is 9.90 Å². The van der Waals surface area contributed by atoms with Gasteiger partial charge in [-0.15, -0.1) is 0 Å².